The van der Waals surface area contributed by atoms with E-state index in [0.29, 0.717) is 11.3 Å². The number of ether oxygens (including phenoxy) is 3. The number of benzene rings is 1. The number of rotatable bonds is 24. The molecular weight excluding hydrogens is 1270 g/mol. The van der Waals surface area contributed by atoms with Crippen molar-refractivity contribution in [3.05, 3.63) is 73.0 Å². The fourth-order valence-electron chi connectivity index (χ4n) is 10.2. The number of carbonyl (C=O) groups is 8. The molecular formula is C52H63F2N15O17P2S2. The van der Waals surface area contributed by atoms with Crippen molar-refractivity contribution in [2.75, 3.05) is 43.9 Å². The summed E-state index contributed by atoms with van der Waals surface area (Å²) in [4.78, 5) is 149. The third-order valence-corrected chi connectivity index (χ3v) is 17.8. The predicted octanol–water partition coefficient (Wildman–Crippen LogP) is 2.21. The van der Waals surface area contributed by atoms with Gasteiger partial charge in [-0.25, -0.2) is 48.3 Å². The van der Waals surface area contributed by atoms with Gasteiger partial charge in [-0.05, 0) is 66.5 Å². The molecule has 0 aliphatic carbocycles. The highest BCUT2D eigenvalue weighted by molar-refractivity contribution is 8.07. The molecule has 32 nitrogen and oxygen atoms in total. The van der Waals surface area contributed by atoms with Crippen molar-refractivity contribution >= 4 is 118 Å². The zero-order valence-electron chi connectivity index (χ0n) is 48.0. The summed E-state index contributed by atoms with van der Waals surface area (Å²) in [6, 6.07) is 4.58. The smallest absolute Gasteiger partial charge is 0.407 e. The van der Waals surface area contributed by atoms with Crippen LogP contribution in [-0.2, 0) is 97.7 Å². The number of halogens is 2. The lowest BCUT2D eigenvalue weighted by molar-refractivity contribution is -0.137. The number of nitrogens with two attached hydrogens (primary N) is 2. The molecule has 90 heavy (non-hydrogen) atoms. The summed E-state index contributed by atoms with van der Waals surface area (Å²) >= 11 is 10.5. The molecule has 0 spiro atoms. The Morgan fingerprint density at radius 2 is 1.37 bits per heavy atom. The van der Waals surface area contributed by atoms with Crippen LogP contribution < -0.4 is 32.7 Å². The normalized spacial score (nSPS) is 25.9. The van der Waals surface area contributed by atoms with Crippen LogP contribution in [0.3, 0.4) is 0 Å². The second-order valence-electron chi connectivity index (χ2n) is 21.4. The first-order valence-corrected chi connectivity index (χ1v) is 33.2. The van der Waals surface area contributed by atoms with E-state index in [1.54, 1.807) is 38.1 Å². The number of imidazole rings is 2. The standard InChI is InChI=1S/C52H63F2N15O17P2S2/c1-26(2)40(66-35(72)13-16-67-36(73)11-12-37(67)74)32(71)17-28(5-3-14-57-51(56)76)48(75)65-29-9-7-27(8-10-29)19-80-52(77)58-15-4-6-30(70)18-31-41-46(61-22-59-31)68(24-63-41)49-38(53)43-33(83-49)20-81-88(79,90)86-44-34(21-82-87(78,89)85-43)84-50(39(44)54)69-25-64-42-45(55)60-23-62-47(42)69/h7-12,22-26,28,33-34,38-40,43-44,49-50H,3-6,13-21H2,1-2H3,(H,58,77)(H,65,75)(H,66,72)(H,78,89)(H,79,90)(H2,55,60,62)(H3,56,57,76)/t28-,33-,34-,38-,39-,40+,43-,44-,49-,50-,87?,88?/m1/s1. The van der Waals surface area contributed by atoms with Crippen molar-refractivity contribution in [2.45, 2.75) is 121 Å². The summed E-state index contributed by atoms with van der Waals surface area (Å²) in [6.45, 7) is -6.92. The number of anilines is 2. The van der Waals surface area contributed by atoms with E-state index < -0.39 is 129 Å². The van der Waals surface area contributed by atoms with Crippen LogP contribution in [0.15, 0.2) is 61.7 Å². The van der Waals surface area contributed by atoms with E-state index in [9.17, 15) is 48.1 Å². The Morgan fingerprint density at radius 3 is 1.97 bits per heavy atom. The maximum Gasteiger partial charge on any atom is 0.407 e. The molecule has 3 saturated heterocycles. The zero-order valence-corrected chi connectivity index (χ0v) is 51.4. The minimum Gasteiger partial charge on any atom is -0.445 e. The molecule has 9 rings (SSSR count). The molecule has 2 unspecified atom stereocenters. The highest BCUT2D eigenvalue weighted by Crippen LogP contribution is 2.55. The first-order valence-electron chi connectivity index (χ1n) is 28.1. The number of aromatic nitrogens is 8. The lowest BCUT2D eigenvalue weighted by Crippen LogP contribution is -2.46. The second kappa shape index (κ2) is 29.3. The Labute approximate surface area is 520 Å². The van der Waals surface area contributed by atoms with Crippen molar-refractivity contribution in [1.29, 1.82) is 0 Å². The van der Waals surface area contributed by atoms with Crippen LogP contribution in [-0.4, -0.2) is 177 Å². The van der Waals surface area contributed by atoms with Crippen LogP contribution in [0.25, 0.3) is 22.3 Å². The zero-order chi connectivity index (χ0) is 64.6. The maximum absolute atomic E-state index is 16.7. The van der Waals surface area contributed by atoms with Crippen molar-refractivity contribution in [1.82, 2.24) is 59.9 Å². The van der Waals surface area contributed by atoms with Crippen LogP contribution >= 0.6 is 13.4 Å². The number of hydrogen-bond donors (Lipinski definition) is 8. The number of ketones is 2. The van der Waals surface area contributed by atoms with Gasteiger partial charge in [-0.3, -0.25) is 51.8 Å². The molecule has 0 bridgehead atoms. The molecule has 484 valence electrons. The first kappa shape index (κ1) is 67.1. The number of alkyl carbamates (subject to hydrolysis) is 1. The number of alkyl halides is 2. The lowest BCUT2D eigenvalue weighted by Gasteiger charge is -2.29. The number of urea groups is 1. The number of carbonyl (C=O) groups excluding carboxylic acids is 8. The van der Waals surface area contributed by atoms with Gasteiger partial charge in [-0.2, -0.15) is 0 Å². The third kappa shape index (κ3) is 16.6. The third-order valence-electron chi connectivity index (χ3n) is 14.7. The van der Waals surface area contributed by atoms with E-state index in [4.69, 9.17) is 67.4 Å². The van der Waals surface area contributed by atoms with Gasteiger partial charge in [0.1, 0.15) is 60.5 Å². The predicted molar refractivity (Wildman–Crippen MR) is 316 cm³/mol. The first-order chi connectivity index (χ1) is 42.8. The van der Waals surface area contributed by atoms with Gasteiger partial charge < -0.3 is 65.8 Å². The summed E-state index contributed by atoms with van der Waals surface area (Å²) in [7, 11) is 0. The monoisotopic (exact) mass is 1330 g/mol. The number of amides is 7. The summed E-state index contributed by atoms with van der Waals surface area (Å²) in [5.74, 6) is -4.17. The number of imide groups is 1. The molecule has 7 amide bonds. The molecule has 5 aromatic rings. The fourth-order valence-corrected chi connectivity index (χ4v) is 13.1. The molecule has 0 saturated carbocycles. The topological polar surface area (TPSA) is 432 Å². The number of fused-ring (bicyclic) bond motifs is 4. The Bertz CT molecular complexity index is 3650. The number of hydrogen-bond acceptors (Lipinski definition) is 24. The molecule has 1 aromatic carbocycles. The molecule has 12 atom stereocenters. The number of primary amides is 1. The number of nitrogens with one attached hydrogen (secondary N) is 4. The summed E-state index contributed by atoms with van der Waals surface area (Å²) in [6.07, 6.45) is -7.52. The van der Waals surface area contributed by atoms with Gasteiger partial charge in [0.2, 0.25) is 11.8 Å². The van der Waals surface area contributed by atoms with Gasteiger partial charge in [0.15, 0.2) is 47.7 Å². The van der Waals surface area contributed by atoms with Crippen LogP contribution in [0.5, 0.6) is 0 Å². The molecule has 0 radical (unpaired) electrons. The van der Waals surface area contributed by atoms with Gasteiger partial charge >= 0.3 is 25.6 Å². The van der Waals surface area contributed by atoms with Gasteiger partial charge in [-0.1, -0.05) is 26.0 Å². The van der Waals surface area contributed by atoms with E-state index >= 15 is 8.78 Å². The fraction of sp³-hybridized carbons (Fsp3) is 0.500. The molecule has 38 heteroatoms. The average molecular weight is 1330 g/mol. The van der Waals surface area contributed by atoms with Crippen molar-refractivity contribution in [3.8, 4) is 0 Å². The molecule has 10 N–H and O–H groups in total. The SMILES string of the molecule is CC(C)[C@H](NC(=O)CCN1C(=O)C=CC1=O)C(=O)C[C@@H](CCCNC(N)=O)C(=O)Nc1ccc(COC(=O)NCCCC(=O)Cc2ncnc3c2ncn3[C@@H]2O[C@@H]3COP(O)(=S)O[C@H]4[C@@H](F)[C@H](n5cnc6c(N)ncnc65)O[C@@H]4COP(O)(=S)O[C@H]3[C@H]2F)cc1. The van der Waals surface area contributed by atoms with Gasteiger partial charge in [-0.15, -0.1) is 0 Å². The number of nitrogens with zero attached hydrogens (tertiary/aromatic N) is 9. The Hall–Kier alpha value is -7.34. The number of nitrogen functional groups attached to an aromatic ring is 1. The minimum atomic E-state index is -4.41. The highest BCUT2D eigenvalue weighted by Gasteiger charge is 2.54. The Kier molecular flexibility index (Phi) is 21.8. The van der Waals surface area contributed by atoms with Crippen LogP contribution in [0.4, 0.5) is 29.9 Å². The van der Waals surface area contributed by atoms with E-state index in [-0.39, 0.29) is 117 Å². The largest absolute Gasteiger partial charge is 0.445 e. The molecule has 3 fully saturated rings. The average Bonchev–Trinajstić information content (AvgIpc) is 1.82. The Morgan fingerprint density at radius 1 is 0.789 bits per heavy atom. The van der Waals surface area contributed by atoms with Crippen molar-refractivity contribution in [2.24, 2.45) is 17.6 Å². The lowest BCUT2D eigenvalue weighted by atomic mass is 9.89. The molecule has 4 aliphatic rings. The quantitative estimate of drug-likeness (QED) is 0.0249. The van der Waals surface area contributed by atoms with Crippen LogP contribution in [0.1, 0.15) is 76.1 Å². The molecule has 8 heterocycles. The number of Topliss-reactive ketones (excluding diaryl/α,β-unsaturated/α-hetero) is 2. The van der Waals surface area contributed by atoms with Crippen LogP contribution in [0.2, 0.25) is 0 Å². The van der Waals surface area contributed by atoms with Crippen molar-refractivity contribution in [3.63, 3.8) is 0 Å². The summed E-state index contributed by atoms with van der Waals surface area (Å²) in [5.41, 5.74) is 12.6. The van der Waals surface area contributed by atoms with Gasteiger partial charge in [0.05, 0.1) is 44.0 Å². The van der Waals surface area contributed by atoms with E-state index in [1.807, 2.05) is 0 Å². The van der Waals surface area contributed by atoms with Gasteiger partial charge in [0, 0.05) is 62.7 Å². The van der Waals surface area contributed by atoms with E-state index in [0.717, 1.165) is 29.7 Å². The molecule has 4 aliphatic heterocycles. The Balaban J connectivity index is 0.728. The van der Waals surface area contributed by atoms with E-state index in [2.05, 4.69) is 51.2 Å². The summed E-state index contributed by atoms with van der Waals surface area (Å²) < 4.78 is 75.2. The minimum absolute atomic E-state index is 0.0121. The summed E-state index contributed by atoms with van der Waals surface area (Å²) in [5, 5.41) is 10.5. The maximum atomic E-state index is 16.7. The molecule has 4 aromatic heterocycles. The van der Waals surface area contributed by atoms with Gasteiger partial charge in [0.25, 0.3) is 11.8 Å². The van der Waals surface area contributed by atoms with Crippen LogP contribution in [0, 0.1) is 11.8 Å². The second-order valence-corrected chi connectivity index (χ2v) is 27.0. The van der Waals surface area contributed by atoms with E-state index in [1.165, 1.54) is 21.8 Å². The van der Waals surface area contributed by atoms with Crippen molar-refractivity contribution < 1.29 is 89.2 Å². The highest BCUT2D eigenvalue weighted by atomic mass is 32.5.